The highest BCUT2D eigenvalue weighted by Crippen LogP contribution is 2.45. The van der Waals surface area contributed by atoms with Gasteiger partial charge in [0.15, 0.2) is 60.2 Å². The highest BCUT2D eigenvalue weighted by atomic mass is 16.7. The van der Waals surface area contributed by atoms with Crippen molar-refractivity contribution in [2.75, 3.05) is 140 Å². The highest BCUT2D eigenvalue weighted by Gasteiger charge is 2.52. The number of carboxylic acids is 2. The Labute approximate surface area is 809 Å². The molecule has 4 fully saturated rings. The van der Waals surface area contributed by atoms with Gasteiger partial charge < -0.3 is 170 Å². The maximum atomic E-state index is 15.1. The van der Waals surface area contributed by atoms with E-state index in [0.29, 0.717) is 62.3 Å². The second-order valence-corrected chi connectivity index (χ2v) is 34.5. The summed E-state index contributed by atoms with van der Waals surface area (Å²) in [7, 11) is 2.65. The van der Waals surface area contributed by atoms with Crippen LogP contribution in [0.3, 0.4) is 0 Å². The van der Waals surface area contributed by atoms with Crippen molar-refractivity contribution in [1.29, 1.82) is 0 Å². The zero-order valence-corrected chi connectivity index (χ0v) is 78.9. The normalized spacial score (nSPS) is 22.9. The van der Waals surface area contributed by atoms with E-state index < -0.39 is 226 Å². The number of carbonyl (C=O) groups is 13. The predicted octanol–water partition coefficient (Wildman–Crippen LogP) is -1.44. The molecule has 0 bridgehead atoms. The van der Waals surface area contributed by atoms with Crippen molar-refractivity contribution in [3.63, 3.8) is 0 Å². The number of nitrogens with one attached hydrogen (secondary N) is 7. The molecular weight excluding hydrogens is 1870 g/mol. The van der Waals surface area contributed by atoms with E-state index in [4.69, 9.17) is 72.0 Å². The van der Waals surface area contributed by atoms with Crippen LogP contribution in [0, 0.1) is 11.8 Å². The number of ether oxygens (including phenoxy) is 14. The maximum Gasteiger partial charge on any atom is 0.416 e. The fraction of sp³-hybridized carbons (Fsp3) is 0.554. The molecule has 0 unspecified atom stereocenters. The lowest BCUT2D eigenvalue weighted by molar-refractivity contribution is -0.294. The van der Waals surface area contributed by atoms with Crippen molar-refractivity contribution in [2.24, 2.45) is 17.6 Å². The van der Waals surface area contributed by atoms with Crippen LogP contribution in [-0.2, 0) is 98.9 Å². The third-order valence-electron chi connectivity index (χ3n) is 23.4. The SMILES string of the molecule is C=C1C[C@H]2[C@H](O)N(C(=O)OCc3ccc(NC(=O)[C@H](CO[C@@H]4O[C@H](C(=O)O)[C@@H](O)[C@H](O)[C@H]4O)NC(=O)[C@@H](NC(C)=O)C(C)C)cc3)c3cc(OCCCCCOc4cc5c(cc4OC)C(=O)N4CC(=C)C[C@H]4[C@H](O)N5C(=O)OCc4ccc(NC(=O)[C@H](CO[C@@H]5O[C@H](C(=O)O)[C@@H](O)[C@H](O)[C@H]5O)NC(=O)[C@@H](NC(C)=O)C(C)C)cc4C(=O)NCCOCCOCCOCCOCCN)c(OC)cc3C(=O)N2C1. The summed E-state index contributed by atoms with van der Waals surface area (Å²) >= 11 is 0. The Balaban J connectivity index is 0.820. The molecule has 49 heteroatoms. The highest BCUT2D eigenvalue weighted by molar-refractivity contribution is 6.08. The van der Waals surface area contributed by atoms with E-state index in [-0.39, 0.29) is 147 Å². The minimum atomic E-state index is -2.12. The van der Waals surface area contributed by atoms with Crippen molar-refractivity contribution >= 4 is 100 Å². The summed E-state index contributed by atoms with van der Waals surface area (Å²) in [5, 5.41) is 125. The topological polar surface area (TPSA) is 677 Å². The summed E-state index contributed by atoms with van der Waals surface area (Å²) in [6.07, 6.45) is -25.3. The molecule has 4 saturated heterocycles. The Morgan fingerprint density at radius 2 is 0.894 bits per heavy atom. The summed E-state index contributed by atoms with van der Waals surface area (Å²) in [6, 6.07) is 6.91. The van der Waals surface area contributed by atoms with Crippen molar-refractivity contribution in [1.82, 2.24) is 36.4 Å². The van der Waals surface area contributed by atoms with E-state index in [9.17, 15) is 109 Å². The number of carbonyl (C=O) groups excluding carboxylic acids is 11. The van der Waals surface area contributed by atoms with Gasteiger partial charge in [0.05, 0.1) is 128 Å². The number of aliphatic carboxylic acids is 2. The third kappa shape index (κ3) is 28.7. The van der Waals surface area contributed by atoms with E-state index in [1.165, 1.54) is 97.7 Å². The van der Waals surface area contributed by atoms with Crippen LogP contribution < -0.4 is 71.7 Å². The van der Waals surface area contributed by atoms with E-state index in [2.05, 4.69) is 50.4 Å². The van der Waals surface area contributed by atoms with Crippen LogP contribution in [0.25, 0.3) is 0 Å². The monoisotopic (exact) mass is 1990 g/mol. The van der Waals surface area contributed by atoms with E-state index in [0.717, 1.165) is 16.7 Å². The van der Waals surface area contributed by atoms with Gasteiger partial charge in [-0.1, -0.05) is 70.2 Å². The lowest BCUT2D eigenvalue weighted by Crippen LogP contribution is -2.61. The maximum absolute atomic E-state index is 15.1. The van der Waals surface area contributed by atoms with Gasteiger partial charge >= 0.3 is 24.1 Å². The first-order valence-electron chi connectivity index (χ1n) is 45.5. The molecule has 0 spiro atoms. The number of hydrogen-bond acceptors (Lipinski definition) is 36. The van der Waals surface area contributed by atoms with E-state index >= 15 is 4.79 Å². The molecule has 774 valence electrons. The number of aliphatic hydroxyl groups is 8. The molecule has 6 heterocycles. The quantitative estimate of drug-likeness (QED) is 0.0178. The van der Waals surface area contributed by atoms with Crippen LogP contribution >= 0.6 is 0 Å². The number of rotatable bonds is 49. The van der Waals surface area contributed by atoms with Crippen molar-refractivity contribution in [2.45, 2.75) is 197 Å². The second kappa shape index (κ2) is 51.8. The first kappa shape index (κ1) is 111. The molecule has 141 heavy (non-hydrogen) atoms. The standard InChI is InChI=1S/C92H124N12O37/c1-45(2)68(95-49(7)105)81(116)99-58(43-136-89-74(111)70(107)72(109)76(140-89)87(122)123)79(114)97-53-17-14-51(15-18-53)41-138-91(126)103-60-37-66(64(128-9)35-56(60)83(118)101-39-47(5)32-62(101)85(103)120)134-22-12-11-13-23-135-67-38-61-57(36-65(67)129-10)84(119)102-40-48(6)33-63(102)86(121)104(61)92(127)139-42-52-16-19-54(34-55(52)78(113)94-21-25-131-27-29-133-31-30-132-28-26-130-24-20-93)98-80(115)59(100-82(117)69(46(3)4)96-50(8)106)44-137-90-75(112)71(108)73(110)77(141-90)88(124)125/h14-19,34-38,45-46,58-59,62-63,68-77,85-86,89-90,107-112,120-121H,5-6,11-13,20-33,39-44,93H2,1-4,7-10H3,(H,94,113)(H,95,105)(H,96,106)(H,97,114)(H,98,115)(H,99,116)(H,100,117)(H,122,123)(H,124,125)/t58-,59-,62-,63-,68-,69-,70-,71-,72-,73-,74+,75+,76-,77-,85-,86-,89+,90+/m0/s1. The van der Waals surface area contributed by atoms with Crippen LogP contribution in [-0.4, -0.2) is 368 Å². The fourth-order valence-corrected chi connectivity index (χ4v) is 16.0. The average molecular weight is 1990 g/mol. The Kier molecular flexibility index (Phi) is 40.7. The zero-order chi connectivity index (χ0) is 103. The zero-order valence-electron chi connectivity index (χ0n) is 78.9. The number of benzene rings is 4. The van der Waals surface area contributed by atoms with Gasteiger partial charge in [-0.25, -0.2) is 29.0 Å². The second-order valence-electron chi connectivity index (χ2n) is 34.5. The number of nitrogens with two attached hydrogens (primary N) is 1. The molecule has 0 aromatic heterocycles. The number of nitrogens with zero attached hydrogens (tertiary/aromatic N) is 4. The number of methoxy groups -OCH3 is 2. The molecule has 6 aliphatic heterocycles. The number of fused-ring (bicyclic) bond motifs is 4. The Morgan fingerprint density at radius 3 is 1.30 bits per heavy atom. The number of unbranched alkanes of at least 4 members (excludes halogenated alkanes) is 2. The molecule has 4 aromatic rings. The van der Waals surface area contributed by atoms with Crippen LogP contribution in [0.5, 0.6) is 23.0 Å². The molecule has 0 saturated carbocycles. The number of aliphatic hydroxyl groups excluding tert-OH is 8. The van der Waals surface area contributed by atoms with E-state index in [1.54, 1.807) is 27.7 Å². The lowest BCUT2D eigenvalue weighted by Gasteiger charge is -2.38. The smallest absolute Gasteiger partial charge is 0.416 e. The Hall–Kier alpha value is -12.4. The molecule has 49 nitrogen and oxygen atoms in total. The molecule has 4 aromatic carbocycles. The van der Waals surface area contributed by atoms with E-state index in [1.807, 2.05) is 0 Å². The van der Waals surface area contributed by atoms with Crippen molar-refractivity contribution in [3.05, 3.63) is 119 Å². The number of amides is 11. The van der Waals surface area contributed by atoms with Crippen LogP contribution in [0.2, 0.25) is 0 Å². The first-order valence-corrected chi connectivity index (χ1v) is 45.5. The molecule has 18 atom stereocenters. The van der Waals surface area contributed by atoms with Gasteiger partial charge in [0.1, 0.15) is 74.0 Å². The van der Waals surface area contributed by atoms with Gasteiger partial charge in [-0.05, 0) is 85.9 Å². The number of hydrogen-bond donors (Lipinski definition) is 18. The number of anilines is 4. The third-order valence-corrected chi connectivity index (χ3v) is 23.4. The Morgan fingerprint density at radius 1 is 0.482 bits per heavy atom. The molecule has 0 radical (unpaired) electrons. The van der Waals surface area contributed by atoms with Gasteiger partial charge in [-0.3, -0.25) is 43.2 Å². The van der Waals surface area contributed by atoms with Gasteiger partial charge in [0.2, 0.25) is 35.4 Å². The van der Waals surface area contributed by atoms with Crippen molar-refractivity contribution < 1.29 is 180 Å². The summed E-state index contributed by atoms with van der Waals surface area (Å²) < 4.78 is 79.6. The summed E-state index contributed by atoms with van der Waals surface area (Å²) in [4.78, 5) is 182. The lowest BCUT2D eigenvalue weighted by atomic mass is 9.99. The fourth-order valence-electron chi connectivity index (χ4n) is 16.0. The Bertz CT molecular complexity index is 5110. The molecule has 10 rings (SSSR count). The minimum absolute atomic E-state index is 0.00351. The predicted molar refractivity (Wildman–Crippen MR) is 489 cm³/mol. The molecular formula is C92H124N12O37. The summed E-state index contributed by atoms with van der Waals surface area (Å²) in [6.45, 7) is 16.0. The molecule has 6 aliphatic rings. The van der Waals surface area contributed by atoms with Crippen LogP contribution in [0.4, 0.5) is 32.3 Å². The minimum Gasteiger partial charge on any atom is -0.493 e. The summed E-state index contributed by atoms with van der Waals surface area (Å²) in [5.41, 5.74) is 6.12. The average Bonchev–Trinajstić information content (AvgIpc) is 1.60. The summed E-state index contributed by atoms with van der Waals surface area (Å²) in [5.74, 6) is -11.4. The largest absolute Gasteiger partial charge is 0.493 e. The van der Waals surface area contributed by atoms with Gasteiger partial charge in [0.25, 0.3) is 17.7 Å². The number of carboxylic acid groups (broad SMARTS) is 2. The van der Waals surface area contributed by atoms with Crippen LogP contribution in [0.1, 0.15) is 116 Å². The molecule has 0 aliphatic carbocycles. The van der Waals surface area contributed by atoms with Crippen LogP contribution in [0.15, 0.2) is 91.0 Å². The van der Waals surface area contributed by atoms with Gasteiger partial charge in [-0.15, -0.1) is 0 Å². The van der Waals surface area contributed by atoms with Gasteiger partial charge in [0, 0.05) is 74.7 Å². The molecule has 11 amide bonds. The molecule has 19 N–H and O–H groups in total. The first-order chi connectivity index (χ1) is 67.2. The van der Waals surface area contributed by atoms with Gasteiger partial charge in [-0.2, -0.15) is 0 Å². The van der Waals surface area contributed by atoms with Crippen molar-refractivity contribution in [3.8, 4) is 23.0 Å².